The standard InChI is InChI=1S/C13H16F3N2O7P.C9H17N2O6P/c14-13(15,16)25-10-4-1-3-9(7-10)12(20)17-8-11(19)18(21)5-2-6-26(22,23)24;12-8(6-10-9(13)7-2-3-7)11(14)4-1-5-18(15,16)17/h1,3-4,7,21H,2,5-6,8H2,(H,17,20)(H2,22,23,24);7,14H,1-6H2,(H,10,13)(H2,15,16,17). The van der Waals surface area contributed by atoms with Crippen LogP contribution in [0.3, 0.4) is 0 Å². The minimum Gasteiger partial charge on any atom is -0.406 e. The molecule has 0 heterocycles. The van der Waals surface area contributed by atoms with E-state index in [0.717, 1.165) is 31.0 Å². The number of carbonyl (C=O) groups is 4. The first-order valence-electron chi connectivity index (χ1n) is 12.7. The van der Waals surface area contributed by atoms with Crippen molar-refractivity contribution in [3.63, 3.8) is 0 Å². The van der Waals surface area contributed by atoms with Gasteiger partial charge < -0.3 is 34.9 Å². The molecule has 250 valence electrons. The van der Waals surface area contributed by atoms with Gasteiger partial charge in [-0.15, -0.1) is 13.2 Å². The highest BCUT2D eigenvalue weighted by Gasteiger charge is 2.31. The fourth-order valence-electron chi connectivity index (χ4n) is 3.03. The van der Waals surface area contributed by atoms with E-state index < -0.39 is 63.9 Å². The largest absolute Gasteiger partial charge is 0.573 e. The first kappa shape index (κ1) is 38.9. The lowest BCUT2D eigenvalue weighted by atomic mass is 10.2. The van der Waals surface area contributed by atoms with Crippen molar-refractivity contribution in [2.75, 3.05) is 38.5 Å². The lowest BCUT2D eigenvalue weighted by Gasteiger charge is -2.15. The molecule has 1 saturated carbocycles. The zero-order chi connectivity index (χ0) is 33.7. The number of nitrogens with zero attached hydrogens (tertiary/aromatic N) is 2. The Balaban J connectivity index is 0.000000470. The molecule has 0 unspecified atom stereocenters. The summed E-state index contributed by atoms with van der Waals surface area (Å²) in [7, 11) is -8.36. The van der Waals surface area contributed by atoms with E-state index >= 15 is 0 Å². The third-order valence-corrected chi connectivity index (χ3v) is 7.10. The van der Waals surface area contributed by atoms with Crippen LogP contribution in [0.5, 0.6) is 5.75 Å². The molecule has 1 fully saturated rings. The van der Waals surface area contributed by atoms with E-state index in [-0.39, 0.29) is 54.9 Å². The summed E-state index contributed by atoms with van der Waals surface area (Å²) >= 11 is 0. The van der Waals surface area contributed by atoms with E-state index in [1.807, 2.05) is 0 Å². The molecule has 1 aromatic carbocycles. The van der Waals surface area contributed by atoms with E-state index in [2.05, 4.69) is 15.4 Å². The molecule has 0 spiro atoms. The van der Waals surface area contributed by atoms with Crippen molar-refractivity contribution >= 4 is 38.8 Å². The second kappa shape index (κ2) is 17.4. The van der Waals surface area contributed by atoms with Crippen molar-refractivity contribution in [3.8, 4) is 5.75 Å². The van der Waals surface area contributed by atoms with E-state index in [9.17, 15) is 51.9 Å². The summed E-state index contributed by atoms with van der Waals surface area (Å²) in [6.45, 7) is -1.52. The predicted octanol–water partition coefficient (Wildman–Crippen LogP) is 0.399. The predicted molar refractivity (Wildman–Crippen MR) is 141 cm³/mol. The molecule has 22 heteroatoms. The maximum atomic E-state index is 12.1. The molecule has 0 aromatic heterocycles. The van der Waals surface area contributed by atoms with Crippen LogP contribution in [0.15, 0.2) is 24.3 Å². The molecule has 0 saturated heterocycles. The van der Waals surface area contributed by atoms with Crippen molar-refractivity contribution < 1.29 is 76.2 Å². The van der Waals surface area contributed by atoms with Crippen LogP contribution < -0.4 is 15.4 Å². The van der Waals surface area contributed by atoms with Crippen LogP contribution in [0.2, 0.25) is 0 Å². The van der Waals surface area contributed by atoms with Gasteiger partial charge in [0.1, 0.15) is 5.75 Å². The Labute approximate surface area is 248 Å². The normalized spacial score (nSPS) is 13.2. The van der Waals surface area contributed by atoms with E-state index in [0.29, 0.717) is 5.06 Å². The number of halogens is 3. The third-order valence-electron chi connectivity index (χ3n) is 5.31. The maximum absolute atomic E-state index is 12.1. The number of rotatable bonds is 15. The van der Waals surface area contributed by atoms with Crippen LogP contribution >= 0.6 is 15.2 Å². The molecule has 0 aliphatic heterocycles. The molecule has 0 radical (unpaired) electrons. The number of ether oxygens (including phenoxy) is 1. The maximum Gasteiger partial charge on any atom is 0.573 e. The molecule has 4 amide bonds. The van der Waals surface area contributed by atoms with Gasteiger partial charge in [0, 0.05) is 24.6 Å². The number of hydroxylamine groups is 4. The summed E-state index contributed by atoms with van der Waals surface area (Å²) in [6, 6.07) is 4.16. The Bertz CT molecular complexity index is 1240. The second-order valence-corrected chi connectivity index (χ2v) is 12.8. The molecule has 1 aliphatic rings. The Hall–Kier alpha value is -3.09. The van der Waals surface area contributed by atoms with Crippen LogP contribution in [0.25, 0.3) is 0 Å². The van der Waals surface area contributed by atoms with Gasteiger partial charge >= 0.3 is 21.6 Å². The molecule has 0 atom stereocenters. The lowest BCUT2D eigenvalue weighted by Crippen LogP contribution is -2.39. The average Bonchev–Trinajstić information content (AvgIpc) is 3.73. The zero-order valence-electron chi connectivity index (χ0n) is 22.9. The molecular formula is C22H33F3N4O13P2. The number of amides is 4. The molecule has 17 nitrogen and oxygen atoms in total. The van der Waals surface area contributed by atoms with Gasteiger partial charge in [0.2, 0.25) is 5.91 Å². The Morgan fingerprint density at radius 3 is 1.77 bits per heavy atom. The van der Waals surface area contributed by atoms with Gasteiger partial charge in [0.15, 0.2) is 0 Å². The number of benzene rings is 1. The van der Waals surface area contributed by atoms with Crippen molar-refractivity contribution in [3.05, 3.63) is 29.8 Å². The summed E-state index contributed by atoms with van der Waals surface area (Å²) in [5.74, 6) is -3.37. The Morgan fingerprint density at radius 2 is 1.34 bits per heavy atom. The average molecular weight is 680 g/mol. The van der Waals surface area contributed by atoms with Gasteiger partial charge in [-0.3, -0.25) is 38.7 Å². The highest BCUT2D eigenvalue weighted by Crippen LogP contribution is 2.35. The van der Waals surface area contributed by atoms with Gasteiger partial charge in [0.05, 0.1) is 25.4 Å². The van der Waals surface area contributed by atoms with Crippen LogP contribution in [0.1, 0.15) is 36.0 Å². The fourth-order valence-corrected chi connectivity index (χ4v) is 4.14. The molecule has 44 heavy (non-hydrogen) atoms. The first-order valence-corrected chi connectivity index (χ1v) is 16.3. The van der Waals surface area contributed by atoms with E-state index in [1.54, 1.807) is 0 Å². The Kier molecular flexibility index (Phi) is 15.4. The van der Waals surface area contributed by atoms with Crippen LogP contribution in [0.4, 0.5) is 13.2 Å². The van der Waals surface area contributed by atoms with E-state index in [1.165, 1.54) is 6.07 Å². The first-order chi connectivity index (χ1) is 20.2. The summed E-state index contributed by atoms with van der Waals surface area (Å²) in [4.78, 5) is 80.4. The van der Waals surface area contributed by atoms with Gasteiger partial charge in [-0.25, -0.2) is 10.1 Å². The van der Waals surface area contributed by atoms with Crippen molar-refractivity contribution in [1.29, 1.82) is 0 Å². The number of alkyl halides is 3. The van der Waals surface area contributed by atoms with Crippen molar-refractivity contribution in [1.82, 2.24) is 20.8 Å². The number of carbonyl (C=O) groups excluding carboxylic acids is 4. The summed E-state index contributed by atoms with van der Waals surface area (Å²) in [5, 5.41) is 23.7. The topological polar surface area (TPSA) is 264 Å². The van der Waals surface area contributed by atoms with Gasteiger partial charge in [0.25, 0.3) is 17.7 Å². The molecule has 1 aromatic rings. The van der Waals surface area contributed by atoms with Crippen molar-refractivity contribution in [2.45, 2.75) is 32.0 Å². The molecule has 2 rings (SSSR count). The minimum absolute atomic E-state index is 0.0108. The monoisotopic (exact) mass is 680 g/mol. The smallest absolute Gasteiger partial charge is 0.406 e. The summed E-state index contributed by atoms with van der Waals surface area (Å²) < 4.78 is 61.3. The van der Waals surface area contributed by atoms with Crippen molar-refractivity contribution in [2.24, 2.45) is 5.92 Å². The highest BCUT2D eigenvalue weighted by molar-refractivity contribution is 7.52. The third kappa shape index (κ3) is 18.5. The molecular weight excluding hydrogens is 647 g/mol. The molecule has 1 aliphatic carbocycles. The molecule has 8 N–H and O–H groups in total. The van der Waals surface area contributed by atoms with E-state index in [4.69, 9.17) is 19.6 Å². The number of hydrogen-bond donors (Lipinski definition) is 8. The lowest BCUT2D eigenvalue weighted by molar-refractivity contribution is -0.274. The number of nitrogens with one attached hydrogen (secondary N) is 2. The van der Waals surface area contributed by atoms with Gasteiger partial charge in [-0.05, 0) is 43.9 Å². The second-order valence-electron chi connectivity index (χ2n) is 9.27. The van der Waals surface area contributed by atoms with Crippen LogP contribution in [-0.4, -0.2) is 109 Å². The number of hydrogen-bond acceptors (Lipinski definition) is 9. The van der Waals surface area contributed by atoms with Crippen LogP contribution in [0, 0.1) is 5.92 Å². The minimum atomic E-state index is -4.92. The summed E-state index contributed by atoms with van der Waals surface area (Å²) in [6.07, 6.45) is -4.38. The van der Waals surface area contributed by atoms with Gasteiger partial charge in [-0.2, -0.15) is 0 Å². The molecule has 0 bridgehead atoms. The zero-order valence-corrected chi connectivity index (χ0v) is 24.7. The fraction of sp³-hybridized carbons (Fsp3) is 0.545. The Morgan fingerprint density at radius 1 is 0.864 bits per heavy atom. The SMILES string of the molecule is O=C(NCC(=O)N(O)CCCP(=O)(O)O)C1CC1.O=C(NCC(=O)N(O)CCCP(=O)(O)O)c1cccc(OC(F)(F)F)c1. The van der Waals surface area contributed by atoms with Gasteiger partial charge in [-0.1, -0.05) is 6.07 Å². The van der Waals surface area contributed by atoms with Crippen LogP contribution in [-0.2, 0) is 23.5 Å². The summed E-state index contributed by atoms with van der Waals surface area (Å²) in [5.41, 5.74) is -0.203. The quantitative estimate of drug-likeness (QED) is 0.0709. The highest BCUT2D eigenvalue weighted by atomic mass is 31.2.